The highest BCUT2D eigenvalue weighted by atomic mass is 32.2. The zero-order chi connectivity index (χ0) is 19.3. The van der Waals surface area contributed by atoms with Gasteiger partial charge in [0.1, 0.15) is 11.5 Å². The summed E-state index contributed by atoms with van der Waals surface area (Å²) in [5.41, 5.74) is 1.93. The standard InChI is InChI=1S/C19H24N2O4S/c1-14(2)15-5-7-16(8-6-15)20-19(22)12-11-17-9-10-18(25-17)13-21(3)26(4,23)24/h5-12,14H,13H2,1-4H3,(H,20,22)/b12-11+. The second-order valence-electron chi connectivity index (χ2n) is 6.42. The summed E-state index contributed by atoms with van der Waals surface area (Å²) in [6.45, 7) is 4.37. The van der Waals surface area contributed by atoms with Crippen LogP contribution in [0.25, 0.3) is 6.08 Å². The van der Waals surface area contributed by atoms with Crippen LogP contribution in [0.1, 0.15) is 36.8 Å². The summed E-state index contributed by atoms with van der Waals surface area (Å²) in [5.74, 6) is 1.15. The third kappa shape index (κ3) is 5.86. The highest BCUT2D eigenvalue weighted by Crippen LogP contribution is 2.17. The summed E-state index contributed by atoms with van der Waals surface area (Å²) < 4.78 is 29.5. The van der Waals surface area contributed by atoms with Crippen LogP contribution in [0, 0.1) is 0 Å². The summed E-state index contributed by atoms with van der Waals surface area (Å²) in [5, 5.41) is 2.78. The van der Waals surface area contributed by atoms with Crippen LogP contribution >= 0.6 is 0 Å². The van der Waals surface area contributed by atoms with Gasteiger partial charge in [-0.2, -0.15) is 4.31 Å². The van der Waals surface area contributed by atoms with Crippen molar-refractivity contribution in [2.45, 2.75) is 26.3 Å². The number of hydrogen-bond donors (Lipinski definition) is 1. The third-order valence-corrected chi connectivity index (χ3v) is 5.13. The first-order valence-electron chi connectivity index (χ1n) is 8.24. The molecule has 0 saturated heterocycles. The first kappa shape index (κ1) is 19.9. The largest absolute Gasteiger partial charge is 0.460 e. The van der Waals surface area contributed by atoms with Gasteiger partial charge in [0.05, 0.1) is 12.8 Å². The van der Waals surface area contributed by atoms with Crippen molar-refractivity contribution in [2.24, 2.45) is 0 Å². The molecule has 0 saturated carbocycles. The molecule has 0 bridgehead atoms. The molecule has 0 aliphatic carbocycles. The van der Waals surface area contributed by atoms with E-state index in [4.69, 9.17) is 4.42 Å². The van der Waals surface area contributed by atoms with Gasteiger partial charge in [-0.3, -0.25) is 4.79 Å². The molecular weight excluding hydrogens is 352 g/mol. The number of benzene rings is 1. The van der Waals surface area contributed by atoms with Crippen LogP contribution in [0.3, 0.4) is 0 Å². The van der Waals surface area contributed by atoms with Crippen molar-refractivity contribution >= 4 is 27.7 Å². The first-order valence-corrected chi connectivity index (χ1v) is 10.1. The zero-order valence-electron chi connectivity index (χ0n) is 15.4. The Kier molecular flexibility index (Phi) is 6.39. The van der Waals surface area contributed by atoms with Crippen LogP contribution in [0.2, 0.25) is 0 Å². The average molecular weight is 376 g/mol. The molecule has 0 spiro atoms. The van der Waals surface area contributed by atoms with E-state index in [1.54, 1.807) is 18.2 Å². The molecule has 2 aromatic rings. The maximum atomic E-state index is 12.0. The van der Waals surface area contributed by atoms with Gasteiger partial charge in [-0.25, -0.2) is 8.42 Å². The van der Waals surface area contributed by atoms with Crippen molar-refractivity contribution in [3.8, 4) is 0 Å². The molecule has 2 rings (SSSR count). The minimum Gasteiger partial charge on any atom is -0.460 e. The molecular formula is C19H24N2O4S. The summed E-state index contributed by atoms with van der Waals surface area (Å²) in [7, 11) is -1.79. The number of carbonyl (C=O) groups excluding carboxylic acids is 1. The topological polar surface area (TPSA) is 79.6 Å². The van der Waals surface area contributed by atoms with E-state index in [-0.39, 0.29) is 12.5 Å². The predicted molar refractivity (Wildman–Crippen MR) is 103 cm³/mol. The quantitative estimate of drug-likeness (QED) is 0.751. The molecule has 7 heteroatoms. The number of anilines is 1. The van der Waals surface area contributed by atoms with Crippen molar-refractivity contribution < 1.29 is 17.6 Å². The van der Waals surface area contributed by atoms with Crippen molar-refractivity contribution in [1.82, 2.24) is 4.31 Å². The lowest BCUT2D eigenvalue weighted by Crippen LogP contribution is -2.24. The van der Waals surface area contributed by atoms with E-state index in [0.29, 0.717) is 17.4 Å². The van der Waals surface area contributed by atoms with Gasteiger partial charge in [-0.1, -0.05) is 26.0 Å². The molecule has 0 unspecified atom stereocenters. The second kappa shape index (κ2) is 8.33. The molecule has 1 heterocycles. The van der Waals surface area contributed by atoms with E-state index >= 15 is 0 Å². The van der Waals surface area contributed by atoms with Crippen molar-refractivity contribution in [2.75, 3.05) is 18.6 Å². The van der Waals surface area contributed by atoms with Gasteiger partial charge in [0.25, 0.3) is 0 Å². The zero-order valence-corrected chi connectivity index (χ0v) is 16.2. The summed E-state index contributed by atoms with van der Waals surface area (Å²) in [4.78, 5) is 12.0. The molecule has 140 valence electrons. The molecule has 0 aliphatic heterocycles. The highest BCUT2D eigenvalue weighted by Gasteiger charge is 2.13. The number of sulfonamides is 1. The SMILES string of the molecule is CC(C)c1ccc(NC(=O)/C=C/c2ccc(CN(C)S(C)(=O)=O)o2)cc1. The van der Waals surface area contributed by atoms with E-state index in [1.165, 1.54) is 23.0 Å². The first-order chi connectivity index (χ1) is 12.1. The van der Waals surface area contributed by atoms with Crippen LogP contribution in [-0.4, -0.2) is 31.9 Å². The van der Waals surface area contributed by atoms with E-state index in [1.807, 2.05) is 24.3 Å². The van der Waals surface area contributed by atoms with Crippen molar-refractivity contribution in [1.29, 1.82) is 0 Å². The number of furan rings is 1. The fourth-order valence-electron chi connectivity index (χ4n) is 2.20. The monoisotopic (exact) mass is 376 g/mol. The Morgan fingerprint density at radius 3 is 2.42 bits per heavy atom. The van der Waals surface area contributed by atoms with E-state index < -0.39 is 10.0 Å². The Labute approximate surface area is 154 Å². The van der Waals surface area contributed by atoms with Gasteiger partial charge in [0.2, 0.25) is 15.9 Å². The van der Waals surface area contributed by atoms with Gasteiger partial charge in [-0.15, -0.1) is 0 Å². The van der Waals surface area contributed by atoms with Gasteiger partial charge in [-0.05, 0) is 41.8 Å². The predicted octanol–water partition coefficient (Wildman–Crippen LogP) is 3.45. The fraction of sp³-hybridized carbons (Fsp3) is 0.316. The Morgan fingerprint density at radius 2 is 1.85 bits per heavy atom. The molecule has 0 atom stereocenters. The molecule has 1 aromatic heterocycles. The van der Waals surface area contributed by atoms with Crippen LogP contribution < -0.4 is 5.32 Å². The Bertz CT molecular complexity index is 881. The smallest absolute Gasteiger partial charge is 0.248 e. The van der Waals surface area contributed by atoms with Crippen LogP contribution in [0.5, 0.6) is 0 Å². The molecule has 0 radical (unpaired) electrons. The lowest BCUT2D eigenvalue weighted by molar-refractivity contribution is -0.111. The summed E-state index contributed by atoms with van der Waals surface area (Å²) in [6.07, 6.45) is 4.05. The maximum absolute atomic E-state index is 12.0. The number of carbonyl (C=O) groups is 1. The summed E-state index contributed by atoms with van der Waals surface area (Å²) >= 11 is 0. The Balaban J connectivity index is 1.94. The number of rotatable bonds is 7. The Morgan fingerprint density at radius 1 is 1.19 bits per heavy atom. The van der Waals surface area contributed by atoms with Gasteiger partial charge in [0.15, 0.2) is 0 Å². The maximum Gasteiger partial charge on any atom is 0.248 e. The van der Waals surface area contributed by atoms with Crippen molar-refractivity contribution in [3.63, 3.8) is 0 Å². The fourth-order valence-corrected chi connectivity index (χ4v) is 2.56. The lowest BCUT2D eigenvalue weighted by Gasteiger charge is -2.11. The third-order valence-electron chi connectivity index (χ3n) is 3.87. The van der Waals surface area contributed by atoms with E-state index in [2.05, 4.69) is 19.2 Å². The molecule has 0 aliphatic rings. The van der Waals surface area contributed by atoms with Crippen LogP contribution in [0.15, 0.2) is 46.9 Å². The lowest BCUT2D eigenvalue weighted by atomic mass is 10.0. The van der Waals surface area contributed by atoms with Gasteiger partial charge in [0, 0.05) is 18.8 Å². The molecule has 0 fully saturated rings. The molecule has 1 N–H and O–H groups in total. The van der Waals surface area contributed by atoms with E-state index in [9.17, 15) is 13.2 Å². The van der Waals surface area contributed by atoms with Crippen LogP contribution in [0.4, 0.5) is 5.69 Å². The minimum absolute atomic E-state index is 0.140. The van der Waals surface area contributed by atoms with Gasteiger partial charge >= 0.3 is 0 Å². The molecule has 1 aromatic carbocycles. The van der Waals surface area contributed by atoms with Crippen molar-refractivity contribution in [3.05, 3.63) is 59.6 Å². The minimum atomic E-state index is -3.27. The number of hydrogen-bond acceptors (Lipinski definition) is 4. The van der Waals surface area contributed by atoms with Gasteiger partial charge < -0.3 is 9.73 Å². The molecule has 26 heavy (non-hydrogen) atoms. The number of nitrogens with one attached hydrogen (secondary N) is 1. The Hall–Kier alpha value is -2.38. The molecule has 6 nitrogen and oxygen atoms in total. The number of amides is 1. The number of nitrogens with zero attached hydrogens (tertiary/aromatic N) is 1. The normalized spacial score (nSPS) is 12.2. The van der Waals surface area contributed by atoms with E-state index in [0.717, 1.165) is 11.9 Å². The second-order valence-corrected chi connectivity index (χ2v) is 8.51. The highest BCUT2D eigenvalue weighted by molar-refractivity contribution is 7.88. The van der Waals surface area contributed by atoms with Crippen LogP contribution in [-0.2, 0) is 21.4 Å². The molecule has 1 amide bonds. The average Bonchev–Trinajstić information content (AvgIpc) is 3.00. The summed E-state index contributed by atoms with van der Waals surface area (Å²) in [6, 6.07) is 11.1.